The summed E-state index contributed by atoms with van der Waals surface area (Å²) in [6.45, 7) is -0.460. The van der Waals surface area contributed by atoms with Gasteiger partial charge in [-0.2, -0.15) is 0 Å². The standard InChI is InChI=1S/C12H13FN2O5S/c13-10-4-3-8(5-9(10)12(17)18)21(19,20)14-6-11(16)15-7-1-2-7/h3-5,7,14H,1-2,6H2,(H,15,16)(H,17,18). The first-order valence-corrected chi connectivity index (χ1v) is 7.60. The molecule has 9 heteroatoms. The number of sulfonamides is 1. The van der Waals surface area contributed by atoms with E-state index < -0.39 is 44.7 Å². The first kappa shape index (κ1) is 15.4. The summed E-state index contributed by atoms with van der Waals surface area (Å²) in [4.78, 5) is 21.8. The number of nitrogens with one attached hydrogen (secondary N) is 2. The van der Waals surface area contributed by atoms with Crippen LogP contribution in [0.25, 0.3) is 0 Å². The van der Waals surface area contributed by atoms with E-state index in [0.29, 0.717) is 6.07 Å². The van der Waals surface area contributed by atoms with E-state index in [2.05, 4.69) is 5.32 Å². The van der Waals surface area contributed by atoms with Gasteiger partial charge in [0.25, 0.3) is 0 Å². The Hall–Kier alpha value is -2.00. The molecule has 2 rings (SSSR count). The lowest BCUT2D eigenvalue weighted by molar-refractivity contribution is -0.120. The lowest BCUT2D eigenvalue weighted by Gasteiger charge is -2.08. The van der Waals surface area contributed by atoms with Gasteiger partial charge in [0, 0.05) is 6.04 Å². The lowest BCUT2D eigenvalue weighted by atomic mass is 10.2. The van der Waals surface area contributed by atoms with Crippen molar-refractivity contribution in [3.63, 3.8) is 0 Å². The van der Waals surface area contributed by atoms with E-state index in [1.54, 1.807) is 0 Å². The fraction of sp³-hybridized carbons (Fsp3) is 0.333. The van der Waals surface area contributed by atoms with E-state index in [4.69, 9.17) is 5.11 Å². The number of rotatable bonds is 6. The Labute approximate surface area is 120 Å². The van der Waals surface area contributed by atoms with Gasteiger partial charge in [0.05, 0.1) is 17.0 Å². The molecule has 0 radical (unpaired) electrons. The molecule has 0 saturated heterocycles. The molecule has 1 aliphatic carbocycles. The summed E-state index contributed by atoms with van der Waals surface area (Å²) in [5.41, 5.74) is -0.750. The molecule has 0 aromatic heterocycles. The van der Waals surface area contributed by atoms with Crippen molar-refractivity contribution >= 4 is 21.9 Å². The summed E-state index contributed by atoms with van der Waals surface area (Å²) in [5, 5.41) is 11.4. The van der Waals surface area contributed by atoms with E-state index in [-0.39, 0.29) is 6.04 Å². The first-order chi connectivity index (χ1) is 9.79. The number of benzene rings is 1. The molecule has 0 unspecified atom stereocenters. The van der Waals surface area contributed by atoms with Crippen molar-refractivity contribution in [3.05, 3.63) is 29.6 Å². The average Bonchev–Trinajstić information content (AvgIpc) is 3.20. The van der Waals surface area contributed by atoms with Gasteiger partial charge in [-0.1, -0.05) is 0 Å². The maximum absolute atomic E-state index is 13.2. The molecule has 3 N–H and O–H groups in total. The Kier molecular flexibility index (Phi) is 4.24. The number of carboxylic acid groups (broad SMARTS) is 1. The number of halogens is 1. The SMILES string of the molecule is O=C(CNS(=O)(=O)c1ccc(F)c(C(=O)O)c1)NC1CC1. The molecule has 7 nitrogen and oxygen atoms in total. The summed E-state index contributed by atoms with van der Waals surface area (Å²) < 4.78 is 39.1. The summed E-state index contributed by atoms with van der Waals surface area (Å²) in [7, 11) is -4.08. The molecule has 114 valence electrons. The number of carbonyl (C=O) groups is 2. The highest BCUT2D eigenvalue weighted by Crippen LogP contribution is 2.18. The number of amides is 1. The van der Waals surface area contributed by atoms with Crippen LogP contribution in [-0.2, 0) is 14.8 Å². The van der Waals surface area contributed by atoms with Gasteiger partial charge in [-0.25, -0.2) is 22.3 Å². The Morgan fingerprint density at radius 2 is 2.00 bits per heavy atom. The molecule has 0 heterocycles. The van der Waals surface area contributed by atoms with Crippen LogP contribution < -0.4 is 10.0 Å². The minimum Gasteiger partial charge on any atom is -0.478 e. The highest BCUT2D eigenvalue weighted by atomic mass is 32.2. The lowest BCUT2D eigenvalue weighted by Crippen LogP contribution is -2.37. The zero-order chi connectivity index (χ0) is 15.6. The quantitative estimate of drug-likeness (QED) is 0.688. The van der Waals surface area contributed by atoms with Gasteiger partial charge >= 0.3 is 5.97 Å². The monoisotopic (exact) mass is 316 g/mol. The van der Waals surface area contributed by atoms with Gasteiger partial charge in [-0.15, -0.1) is 0 Å². The molecule has 1 amide bonds. The van der Waals surface area contributed by atoms with Crippen LogP contribution in [0.15, 0.2) is 23.1 Å². The highest BCUT2D eigenvalue weighted by molar-refractivity contribution is 7.89. The maximum atomic E-state index is 13.2. The molecular formula is C12H13FN2O5S. The van der Waals surface area contributed by atoms with Crippen molar-refractivity contribution in [2.75, 3.05) is 6.54 Å². The number of carboxylic acids is 1. The minimum atomic E-state index is -4.08. The van der Waals surface area contributed by atoms with Crippen LogP contribution in [0, 0.1) is 5.82 Å². The van der Waals surface area contributed by atoms with E-state index in [1.807, 2.05) is 4.72 Å². The second-order valence-electron chi connectivity index (χ2n) is 4.61. The number of carbonyl (C=O) groups excluding carboxylic acids is 1. The van der Waals surface area contributed by atoms with E-state index in [0.717, 1.165) is 25.0 Å². The average molecular weight is 316 g/mol. The summed E-state index contributed by atoms with van der Waals surface area (Å²) in [5.74, 6) is -3.08. The third-order valence-electron chi connectivity index (χ3n) is 2.84. The largest absolute Gasteiger partial charge is 0.478 e. The smallest absolute Gasteiger partial charge is 0.338 e. The minimum absolute atomic E-state index is 0.103. The van der Waals surface area contributed by atoms with Gasteiger partial charge in [0.2, 0.25) is 15.9 Å². The molecule has 1 fully saturated rings. The molecule has 0 bridgehead atoms. The highest BCUT2D eigenvalue weighted by Gasteiger charge is 2.24. The van der Waals surface area contributed by atoms with Crippen LogP contribution >= 0.6 is 0 Å². The maximum Gasteiger partial charge on any atom is 0.338 e. The molecule has 21 heavy (non-hydrogen) atoms. The number of hydrogen-bond acceptors (Lipinski definition) is 4. The summed E-state index contributed by atoms with van der Waals surface area (Å²) in [6.07, 6.45) is 1.75. The number of hydrogen-bond donors (Lipinski definition) is 3. The van der Waals surface area contributed by atoms with Crippen molar-refractivity contribution < 1.29 is 27.5 Å². The van der Waals surface area contributed by atoms with Crippen molar-refractivity contribution in [1.29, 1.82) is 0 Å². The second kappa shape index (κ2) is 5.78. The molecule has 0 atom stereocenters. The Balaban J connectivity index is 2.09. The third-order valence-corrected chi connectivity index (χ3v) is 4.24. The molecule has 1 aromatic rings. The van der Waals surface area contributed by atoms with Gasteiger partial charge < -0.3 is 10.4 Å². The first-order valence-electron chi connectivity index (χ1n) is 6.11. The predicted molar refractivity (Wildman–Crippen MR) is 69.7 cm³/mol. The molecule has 1 aromatic carbocycles. The van der Waals surface area contributed by atoms with E-state index >= 15 is 0 Å². The van der Waals surface area contributed by atoms with Crippen molar-refractivity contribution in [1.82, 2.24) is 10.0 Å². The topological polar surface area (TPSA) is 113 Å². The zero-order valence-electron chi connectivity index (χ0n) is 10.8. The molecule has 1 aliphatic rings. The Morgan fingerprint density at radius 1 is 1.33 bits per heavy atom. The van der Waals surface area contributed by atoms with Gasteiger partial charge in [-0.3, -0.25) is 4.79 Å². The van der Waals surface area contributed by atoms with Crippen LogP contribution in [-0.4, -0.2) is 38.0 Å². The predicted octanol–water partition coefficient (Wildman–Crippen LogP) is 0.0808. The molecular weight excluding hydrogens is 303 g/mol. The Bertz CT molecular complexity index is 685. The van der Waals surface area contributed by atoms with Gasteiger partial charge in [0.1, 0.15) is 5.82 Å². The van der Waals surface area contributed by atoms with Crippen LogP contribution in [0.4, 0.5) is 4.39 Å². The third kappa shape index (κ3) is 3.99. The zero-order valence-corrected chi connectivity index (χ0v) is 11.6. The number of aromatic carboxylic acids is 1. The fourth-order valence-corrected chi connectivity index (χ4v) is 2.59. The summed E-state index contributed by atoms with van der Waals surface area (Å²) >= 11 is 0. The molecule has 1 saturated carbocycles. The van der Waals surface area contributed by atoms with Gasteiger partial charge in [-0.05, 0) is 31.0 Å². The van der Waals surface area contributed by atoms with E-state index in [1.165, 1.54) is 0 Å². The van der Waals surface area contributed by atoms with Gasteiger partial charge in [0.15, 0.2) is 0 Å². The fourth-order valence-electron chi connectivity index (χ4n) is 1.59. The normalized spacial score (nSPS) is 14.7. The van der Waals surface area contributed by atoms with Crippen LogP contribution in [0.5, 0.6) is 0 Å². The van der Waals surface area contributed by atoms with Crippen LogP contribution in [0.1, 0.15) is 23.2 Å². The van der Waals surface area contributed by atoms with Crippen molar-refractivity contribution in [3.8, 4) is 0 Å². The molecule has 0 spiro atoms. The summed E-state index contributed by atoms with van der Waals surface area (Å²) in [6, 6.07) is 2.50. The van der Waals surface area contributed by atoms with Crippen molar-refractivity contribution in [2.45, 2.75) is 23.8 Å². The van der Waals surface area contributed by atoms with E-state index in [9.17, 15) is 22.4 Å². The second-order valence-corrected chi connectivity index (χ2v) is 6.38. The van der Waals surface area contributed by atoms with Crippen LogP contribution in [0.2, 0.25) is 0 Å². The van der Waals surface area contributed by atoms with Crippen molar-refractivity contribution in [2.24, 2.45) is 0 Å². The Morgan fingerprint density at radius 3 is 2.57 bits per heavy atom. The molecule has 0 aliphatic heterocycles. The van der Waals surface area contributed by atoms with Crippen LogP contribution in [0.3, 0.4) is 0 Å².